The van der Waals surface area contributed by atoms with E-state index in [9.17, 15) is 48.9 Å². The molecule has 6 N–H and O–H groups in total. The van der Waals surface area contributed by atoms with E-state index in [0.717, 1.165) is 6.42 Å². The van der Waals surface area contributed by atoms with Crippen LogP contribution in [0.2, 0.25) is 0 Å². The Morgan fingerprint density at radius 3 is 1.60 bits per heavy atom. The monoisotopic (exact) mass is 735 g/mol. The smallest absolute Gasteiger partial charge is 0.342 e. The minimum atomic E-state index is -1.11. The van der Waals surface area contributed by atoms with E-state index in [-0.39, 0.29) is 34.5 Å². The summed E-state index contributed by atoms with van der Waals surface area (Å²) in [5.74, 6) is -5.71. The van der Waals surface area contributed by atoms with Gasteiger partial charge >= 0.3 is 17.9 Å². The van der Waals surface area contributed by atoms with Crippen LogP contribution >= 0.6 is 0 Å². The molecule has 0 fully saturated rings. The van der Waals surface area contributed by atoms with Crippen LogP contribution in [0.4, 0.5) is 0 Å². The molecule has 0 aliphatic rings. The van der Waals surface area contributed by atoms with E-state index < -0.39 is 66.8 Å². The summed E-state index contributed by atoms with van der Waals surface area (Å²) in [5, 5.41) is 35.9. The second-order valence-electron chi connectivity index (χ2n) is 12.1. The molecule has 284 valence electrons. The molecule has 0 aliphatic heterocycles. The van der Waals surface area contributed by atoms with Crippen LogP contribution in [-0.2, 0) is 28.7 Å². The maximum atomic E-state index is 12.6. The minimum Gasteiger partial charge on any atom is -0.507 e. The predicted octanol–water partition coefficient (Wildman–Crippen LogP) is 3.39. The molecule has 0 unspecified atom stereocenters. The number of carbonyl (C=O) groups is 7. The number of benzene rings is 3. The molecule has 53 heavy (non-hydrogen) atoms. The molecule has 3 amide bonds. The van der Waals surface area contributed by atoms with Crippen molar-refractivity contribution in [3.63, 3.8) is 0 Å². The minimum absolute atomic E-state index is 0.0727. The number of esters is 2. The number of aliphatic carboxylic acids is 1. The third-order valence-electron chi connectivity index (χ3n) is 7.46. The van der Waals surface area contributed by atoms with Crippen LogP contribution in [-0.4, -0.2) is 88.1 Å². The number of nitrogens with one attached hydrogen (secondary N) is 3. The lowest BCUT2D eigenvalue weighted by Crippen LogP contribution is -2.56. The fraction of sp³-hybridized carbons (Fsp3) is 0.342. The molecule has 0 radical (unpaired) electrons. The van der Waals surface area contributed by atoms with Crippen LogP contribution in [0.3, 0.4) is 0 Å². The highest BCUT2D eigenvalue weighted by Crippen LogP contribution is 2.18. The number of amides is 3. The standard InChI is InChI=1S/C21H31N3O5.C17H14O7/c1-5-6-12-16(21(28)29)23-18(25)14(4)22-20(27)17(13(2)3)24-19(26)15-10-8-7-9-11-15;18-11(9-23-16(21)12-5-1-3-7-14(12)19)10-24-17(22)13-6-2-4-8-15(13)20/h7-11,13-14,16-17H,5-6,12H2,1-4H3,(H,22,27)(H,23,25)(H,24,26)(H,28,29);1-8,19-20H,9-10H2/t14-,16-,17-;/m0./s1. The summed E-state index contributed by atoms with van der Waals surface area (Å²) in [5.41, 5.74) is 0.282. The molecule has 0 spiro atoms. The van der Waals surface area contributed by atoms with Crippen molar-refractivity contribution in [1.29, 1.82) is 0 Å². The number of carbonyl (C=O) groups excluding carboxylic acids is 6. The zero-order valence-electron chi connectivity index (χ0n) is 29.9. The first-order chi connectivity index (χ1) is 25.2. The molecular formula is C38H45N3O12. The summed E-state index contributed by atoms with van der Waals surface area (Å²) >= 11 is 0. The topological polar surface area (TPSA) is 235 Å². The number of rotatable bonds is 17. The molecule has 0 saturated carbocycles. The van der Waals surface area contributed by atoms with Gasteiger partial charge in [0.25, 0.3) is 5.91 Å². The van der Waals surface area contributed by atoms with Crippen molar-refractivity contribution < 1.29 is 58.4 Å². The van der Waals surface area contributed by atoms with Crippen LogP contribution in [0.25, 0.3) is 0 Å². The molecule has 15 heteroatoms. The Balaban J connectivity index is 0.000000373. The number of phenolic OH excluding ortho intramolecular Hbond substituents is 2. The van der Waals surface area contributed by atoms with Crippen molar-refractivity contribution in [2.75, 3.05) is 13.2 Å². The number of aromatic hydroxyl groups is 2. The number of unbranched alkanes of at least 4 members (excludes halogenated alkanes) is 1. The Bertz CT molecular complexity index is 1660. The van der Waals surface area contributed by atoms with Crippen molar-refractivity contribution in [2.45, 2.75) is 65.1 Å². The Labute approximate surface area is 306 Å². The van der Waals surface area contributed by atoms with Gasteiger partial charge in [0.2, 0.25) is 17.6 Å². The molecule has 0 aromatic heterocycles. The number of Topliss-reactive ketones (excluding diaryl/α,β-unsaturated/α-hetero) is 1. The molecular weight excluding hydrogens is 690 g/mol. The van der Waals surface area contributed by atoms with Gasteiger partial charge in [0.15, 0.2) is 13.2 Å². The van der Waals surface area contributed by atoms with Gasteiger partial charge in [-0.25, -0.2) is 14.4 Å². The van der Waals surface area contributed by atoms with Crippen molar-refractivity contribution in [3.05, 3.63) is 95.6 Å². The fourth-order valence-corrected chi connectivity index (χ4v) is 4.46. The molecule has 0 aliphatic carbocycles. The van der Waals surface area contributed by atoms with E-state index >= 15 is 0 Å². The first-order valence-corrected chi connectivity index (χ1v) is 16.8. The highest BCUT2D eigenvalue weighted by molar-refractivity contribution is 5.99. The Morgan fingerprint density at radius 1 is 0.660 bits per heavy atom. The first-order valence-electron chi connectivity index (χ1n) is 16.8. The van der Waals surface area contributed by atoms with Crippen LogP contribution in [0, 0.1) is 5.92 Å². The van der Waals surface area contributed by atoms with Crippen molar-refractivity contribution in [2.24, 2.45) is 5.92 Å². The Hall–Kier alpha value is -6.25. The molecule has 3 aromatic carbocycles. The highest BCUT2D eigenvalue weighted by atomic mass is 16.6. The molecule has 15 nitrogen and oxygen atoms in total. The van der Waals surface area contributed by atoms with E-state index in [2.05, 4.69) is 16.0 Å². The molecule has 0 saturated heterocycles. The first kappa shape index (κ1) is 42.9. The maximum Gasteiger partial charge on any atom is 0.342 e. The number of ether oxygens (including phenoxy) is 2. The van der Waals surface area contributed by atoms with Gasteiger partial charge in [0.1, 0.15) is 40.8 Å². The average Bonchev–Trinajstić information content (AvgIpc) is 3.13. The van der Waals surface area contributed by atoms with E-state index in [1.54, 1.807) is 44.2 Å². The van der Waals surface area contributed by atoms with Gasteiger partial charge < -0.3 is 40.7 Å². The molecule has 0 bridgehead atoms. The fourth-order valence-electron chi connectivity index (χ4n) is 4.46. The number of phenols is 2. The highest BCUT2D eigenvalue weighted by Gasteiger charge is 2.29. The van der Waals surface area contributed by atoms with Gasteiger partial charge in [0, 0.05) is 5.56 Å². The Kier molecular flexibility index (Phi) is 17.7. The molecule has 3 aromatic rings. The maximum absolute atomic E-state index is 12.6. The Morgan fingerprint density at radius 2 is 1.15 bits per heavy atom. The van der Waals surface area contributed by atoms with E-state index in [1.165, 1.54) is 55.5 Å². The lowest BCUT2D eigenvalue weighted by atomic mass is 10.0. The number of carboxylic acids is 1. The summed E-state index contributed by atoms with van der Waals surface area (Å²) in [6.07, 6.45) is 1.79. The molecule has 0 heterocycles. The summed E-state index contributed by atoms with van der Waals surface area (Å²) in [4.78, 5) is 83.6. The van der Waals surface area contributed by atoms with Crippen LogP contribution < -0.4 is 16.0 Å². The summed E-state index contributed by atoms with van der Waals surface area (Å²) in [6.45, 7) is 5.75. The number of ketones is 1. The summed E-state index contributed by atoms with van der Waals surface area (Å²) in [6, 6.07) is 17.2. The van der Waals surface area contributed by atoms with Gasteiger partial charge in [-0.2, -0.15) is 0 Å². The van der Waals surface area contributed by atoms with Gasteiger partial charge in [-0.05, 0) is 55.7 Å². The van der Waals surface area contributed by atoms with E-state index in [4.69, 9.17) is 9.47 Å². The number of carboxylic acid groups (broad SMARTS) is 1. The lowest BCUT2D eigenvalue weighted by Gasteiger charge is -2.24. The van der Waals surface area contributed by atoms with Gasteiger partial charge in [-0.15, -0.1) is 0 Å². The van der Waals surface area contributed by atoms with Gasteiger partial charge in [-0.1, -0.05) is 76.1 Å². The second kappa shape index (κ2) is 21.9. The third-order valence-corrected chi connectivity index (χ3v) is 7.46. The van der Waals surface area contributed by atoms with Crippen molar-refractivity contribution >= 4 is 41.4 Å². The normalized spacial score (nSPS) is 12.1. The van der Waals surface area contributed by atoms with Crippen molar-refractivity contribution in [3.8, 4) is 11.5 Å². The largest absolute Gasteiger partial charge is 0.507 e. The average molecular weight is 736 g/mol. The van der Waals surface area contributed by atoms with Gasteiger partial charge in [0.05, 0.1) is 0 Å². The van der Waals surface area contributed by atoms with Crippen molar-refractivity contribution in [1.82, 2.24) is 16.0 Å². The predicted molar refractivity (Wildman–Crippen MR) is 191 cm³/mol. The number of hydrogen-bond donors (Lipinski definition) is 6. The van der Waals surface area contributed by atoms with E-state index in [0.29, 0.717) is 18.4 Å². The molecule has 3 atom stereocenters. The number of hydrogen-bond acceptors (Lipinski definition) is 11. The lowest BCUT2D eigenvalue weighted by molar-refractivity contribution is -0.142. The van der Waals surface area contributed by atoms with Crippen LogP contribution in [0.15, 0.2) is 78.9 Å². The quantitative estimate of drug-likeness (QED) is 0.110. The number of para-hydroxylation sites is 2. The SMILES string of the molecule is CCCC[C@H](NC(=O)[C@H](C)NC(=O)[C@@H](NC(=O)c1ccccc1)C(C)C)C(=O)O.O=C(COC(=O)c1ccccc1O)COC(=O)c1ccccc1O. The summed E-state index contributed by atoms with van der Waals surface area (Å²) in [7, 11) is 0. The van der Waals surface area contributed by atoms with Crippen LogP contribution in [0.5, 0.6) is 11.5 Å². The third kappa shape index (κ3) is 14.5. The van der Waals surface area contributed by atoms with Crippen LogP contribution in [0.1, 0.15) is 78.0 Å². The zero-order valence-corrected chi connectivity index (χ0v) is 29.9. The summed E-state index contributed by atoms with van der Waals surface area (Å²) < 4.78 is 9.49. The van der Waals surface area contributed by atoms with E-state index in [1.807, 2.05) is 6.92 Å². The second-order valence-corrected chi connectivity index (χ2v) is 12.1. The van der Waals surface area contributed by atoms with Gasteiger partial charge in [-0.3, -0.25) is 19.2 Å². The zero-order chi connectivity index (χ0) is 39.5. The molecule has 3 rings (SSSR count).